The Hall–Kier alpha value is -0.0800. The lowest BCUT2D eigenvalue weighted by Crippen LogP contribution is -2.25. The Labute approximate surface area is 100 Å². The molecule has 16 heavy (non-hydrogen) atoms. The second kappa shape index (κ2) is 8.08. The Morgan fingerprint density at radius 1 is 1.06 bits per heavy atom. The molecule has 0 aromatic carbocycles. The van der Waals surface area contributed by atoms with E-state index in [1.807, 2.05) is 0 Å². The number of rotatable bonds is 9. The summed E-state index contributed by atoms with van der Waals surface area (Å²) in [7, 11) is 0. The molecule has 96 valence electrons. The van der Waals surface area contributed by atoms with E-state index in [0.29, 0.717) is 6.61 Å². The van der Waals surface area contributed by atoms with Crippen LogP contribution in [0.4, 0.5) is 0 Å². The van der Waals surface area contributed by atoms with Crippen LogP contribution in [0.15, 0.2) is 0 Å². The highest BCUT2D eigenvalue weighted by atomic mass is 16.5. The van der Waals surface area contributed by atoms with Crippen LogP contribution in [0.2, 0.25) is 0 Å². The number of ether oxygens (including phenoxy) is 1. The van der Waals surface area contributed by atoms with Gasteiger partial charge in [0, 0.05) is 12.0 Å². The molecule has 0 aliphatic carbocycles. The molecule has 1 unspecified atom stereocenters. The van der Waals surface area contributed by atoms with Gasteiger partial charge < -0.3 is 9.84 Å². The molecule has 0 radical (unpaired) electrons. The van der Waals surface area contributed by atoms with Crippen molar-refractivity contribution in [2.24, 2.45) is 5.41 Å². The van der Waals surface area contributed by atoms with E-state index in [-0.39, 0.29) is 5.41 Å². The highest BCUT2D eigenvalue weighted by Gasteiger charge is 2.33. The van der Waals surface area contributed by atoms with E-state index >= 15 is 0 Å². The minimum Gasteiger partial charge on any atom is -0.396 e. The fourth-order valence-electron chi connectivity index (χ4n) is 2.51. The molecule has 0 bridgehead atoms. The van der Waals surface area contributed by atoms with Crippen LogP contribution in [0, 0.1) is 5.41 Å². The van der Waals surface area contributed by atoms with Gasteiger partial charge in [0.1, 0.15) is 0 Å². The molecule has 1 atom stereocenters. The third kappa shape index (κ3) is 4.84. The van der Waals surface area contributed by atoms with Gasteiger partial charge >= 0.3 is 0 Å². The zero-order valence-electron chi connectivity index (χ0n) is 10.8. The Balaban J connectivity index is 1.97. The van der Waals surface area contributed by atoms with Crippen LogP contribution in [0.3, 0.4) is 0 Å². The standard InChI is InChI=1S/C14H28O2/c1-2-3-4-5-6-7-8-9-14(12-15)10-11-16-13-14/h15H,2-13H2,1H3. The monoisotopic (exact) mass is 228 g/mol. The summed E-state index contributed by atoms with van der Waals surface area (Å²) < 4.78 is 5.40. The van der Waals surface area contributed by atoms with Crippen molar-refractivity contribution in [3.05, 3.63) is 0 Å². The minimum atomic E-state index is 0.115. The predicted molar refractivity (Wildman–Crippen MR) is 67.6 cm³/mol. The first-order valence-corrected chi connectivity index (χ1v) is 7.01. The van der Waals surface area contributed by atoms with Gasteiger partial charge in [-0.05, 0) is 12.8 Å². The van der Waals surface area contributed by atoms with Gasteiger partial charge in [-0.2, -0.15) is 0 Å². The topological polar surface area (TPSA) is 29.5 Å². The van der Waals surface area contributed by atoms with Crippen molar-refractivity contribution in [1.29, 1.82) is 0 Å². The summed E-state index contributed by atoms with van der Waals surface area (Å²) in [5.41, 5.74) is 0.115. The molecule has 2 heteroatoms. The van der Waals surface area contributed by atoms with Crippen molar-refractivity contribution in [3.8, 4) is 0 Å². The lowest BCUT2D eigenvalue weighted by Gasteiger charge is -2.24. The smallest absolute Gasteiger partial charge is 0.0545 e. The summed E-state index contributed by atoms with van der Waals surface area (Å²) in [4.78, 5) is 0. The van der Waals surface area contributed by atoms with Gasteiger partial charge in [0.15, 0.2) is 0 Å². The molecule has 0 aromatic rings. The van der Waals surface area contributed by atoms with Crippen LogP contribution >= 0.6 is 0 Å². The van der Waals surface area contributed by atoms with E-state index in [4.69, 9.17) is 4.74 Å². The predicted octanol–water partition coefficient (Wildman–Crippen LogP) is 3.53. The quantitative estimate of drug-likeness (QED) is 0.612. The van der Waals surface area contributed by atoms with Gasteiger partial charge in [0.2, 0.25) is 0 Å². The average molecular weight is 228 g/mol. The molecule has 1 rings (SSSR count). The Morgan fingerprint density at radius 3 is 2.31 bits per heavy atom. The van der Waals surface area contributed by atoms with Crippen molar-refractivity contribution in [2.45, 2.75) is 64.7 Å². The maximum atomic E-state index is 9.41. The third-order valence-electron chi connectivity index (χ3n) is 3.83. The Bertz CT molecular complexity index is 162. The maximum absolute atomic E-state index is 9.41. The number of hydrogen-bond donors (Lipinski definition) is 1. The zero-order chi connectivity index (χ0) is 11.7. The molecule has 1 heterocycles. The second-order valence-corrected chi connectivity index (χ2v) is 5.33. The fraction of sp³-hybridized carbons (Fsp3) is 1.00. The largest absolute Gasteiger partial charge is 0.396 e. The summed E-state index contributed by atoms with van der Waals surface area (Å²) >= 11 is 0. The van der Waals surface area contributed by atoms with Crippen molar-refractivity contribution in [3.63, 3.8) is 0 Å². The van der Waals surface area contributed by atoms with E-state index in [1.165, 1.54) is 44.9 Å². The van der Waals surface area contributed by atoms with E-state index in [2.05, 4.69) is 6.92 Å². The number of aliphatic hydroxyl groups excluding tert-OH is 1. The molecular formula is C14H28O2. The first-order valence-electron chi connectivity index (χ1n) is 7.01. The first kappa shape index (κ1) is 14.0. The average Bonchev–Trinajstić information content (AvgIpc) is 2.77. The summed E-state index contributed by atoms with van der Waals surface area (Å²) in [6, 6.07) is 0. The highest BCUT2D eigenvalue weighted by molar-refractivity contribution is 4.82. The molecule has 0 amide bonds. The van der Waals surface area contributed by atoms with E-state index < -0.39 is 0 Å². The third-order valence-corrected chi connectivity index (χ3v) is 3.83. The van der Waals surface area contributed by atoms with Crippen LogP contribution in [-0.2, 0) is 4.74 Å². The first-order chi connectivity index (χ1) is 7.83. The van der Waals surface area contributed by atoms with Gasteiger partial charge in [0.05, 0.1) is 13.2 Å². The Morgan fingerprint density at radius 2 is 1.75 bits per heavy atom. The molecule has 0 saturated carbocycles. The highest BCUT2D eigenvalue weighted by Crippen LogP contribution is 2.33. The maximum Gasteiger partial charge on any atom is 0.0545 e. The van der Waals surface area contributed by atoms with Gasteiger partial charge in [-0.3, -0.25) is 0 Å². The van der Waals surface area contributed by atoms with Crippen molar-refractivity contribution < 1.29 is 9.84 Å². The molecule has 0 aromatic heterocycles. The van der Waals surface area contributed by atoms with Gasteiger partial charge in [0.25, 0.3) is 0 Å². The SMILES string of the molecule is CCCCCCCCCC1(CO)CCOC1. The van der Waals surface area contributed by atoms with Crippen LogP contribution in [0.1, 0.15) is 64.7 Å². The van der Waals surface area contributed by atoms with Gasteiger partial charge in [-0.1, -0.05) is 51.9 Å². The normalized spacial score (nSPS) is 25.1. The number of unbranched alkanes of at least 4 members (excludes halogenated alkanes) is 6. The lowest BCUT2D eigenvalue weighted by atomic mass is 9.83. The van der Waals surface area contributed by atoms with Crippen molar-refractivity contribution in [2.75, 3.05) is 19.8 Å². The Kier molecular flexibility index (Phi) is 7.06. The van der Waals surface area contributed by atoms with E-state index in [9.17, 15) is 5.11 Å². The summed E-state index contributed by atoms with van der Waals surface area (Å²) in [5, 5.41) is 9.41. The molecule has 0 spiro atoms. The molecule has 1 fully saturated rings. The summed E-state index contributed by atoms with van der Waals surface area (Å²) in [6.45, 7) is 4.18. The molecule has 1 N–H and O–H groups in total. The summed E-state index contributed by atoms with van der Waals surface area (Å²) in [5.74, 6) is 0. The number of hydrogen-bond acceptors (Lipinski definition) is 2. The second-order valence-electron chi connectivity index (χ2n) is 5.33. The molecule has 2 nitrogen and oxygen atoms in total. The minimum absolute atomic E-state index is 0.115. The zero-order valence-corrected chi connectivity index (χ0v) is 10.8. The molecule has 1 saturated heterocycles. The van der Waals surface area contributed by atoms with Crippen LogP contribution in [0.5, 0.6) is 0 Å². The van der Waals surface area contributed by atoms with Crippen LogP contribution in [0.25, 0.3) is 0 Å². The van der Waals surface area contributed by atoms with Gasteiger partial charge in [-0.25, -0.2) is 0 Å². The van der Waals surface area contributed by atoms with E-state index in [0.717, 1.165) is 26.1 Å². The van der Waals surface area contributed by atoms with Gasteiger partial charge in [-0.15, -0.1) is 0 Å². The summed E-state index contributed by atoms with van der Waals surface area (Å²) in [6.07, 6.45) is 11.6. The van der Waals surface area contributed by atoms with E-state index in [1.54, 1.807) is 0 Å². The van der Waals surface area contributed by atoms with Crippen LogP contribution in [-0.4, -0.2) is 24.9 Å². The molecule has 1 aliphatic rings. The van der Waals surface area contributed by atoms with Crippen LogP contribution < -0.4 is 0 Å². The molecular weight excluding hydrogens is 200 g/mol. The lowest BCUT2D eigenvalue weighted by molar-refractivity contribution is 0.0842. The van der Waals surface area contributed by atoms with Crippen molar-refractivity contribution >= 4 is 0 Å². The number of aliphatic hydroxyl groups is 1. The fourth-order valence-corrected chi connectivity index (χ4v) is 2.51. The molecule has 1 aliphatic heterocycles. The van der Waals surface area contributed by atoms with Crippen molar-refractivity contribution in [1.82, 2.24) is 0 Å².